The topological polar surface area (TPSA) is 67.9 Å². The summed E-state index contributed by atoms with van der Waals surface area (Å²) in [4.78, 5) is 27.6. The third kappa shape index (κ3) is 8.45. The van der Waals surface area contributed by atoms with Gasteiger partial charge in [0.15, 0.2) is 0 Å². The Morgan fingerprint density at radius 3 is 2.27 bits per heavy atom. The molecule has 0 aliphatic rings. The molecule has 2 rings (SSSR count). The smallest absolute Gasteiger partial charge is 0.243 e. The number of halogens is 2. The number of carbonyl (C=O) groups is 2. The van der Waals surface area contributed by atoms with Crippen LogP contribution in [0.4, 0.5) is 0 Å². The SMILES string of the molecule is CC[C@@H](C(=O)NC(C)C)N(Cc1ccc(Cl)c(Cl)c1)C(=O)CCCOc1ccc(OC)cc1. The lowest BCUT2D eigenvalue weighted by Crippen LogP contribution is -2.50. The van der Waals surface area contributed by atoms with Crippen molar-refractivity contribution in [2.45, 2.75) is 58.7 Å². The molecule has 0 radical (unpaired) electrons. The van der Waals surface area contributed by atoms with E-state index in [4.69, 9.17) is 32.7 Å². The van der Waals surface area contributed by atoms with Gasteiger partial charge in [-0.25, -0.2) is 0 Å². The number of hydrogen-bond acceptors (Lipinski definition) is 4. The summed E-state index contributed by atoms with van der Waals surface area (Å²) in [5.41, 5.74) is 0.808. The molecule has 0 saturated carbocycles. The molecule has 0 spiro atoms. The maximum atomic E-state index is 13.2. The van der Waals surface area contributed by atoms with Crippen molar-refractivity contribution in [1.29, 1.82) is 0 Å². The summed E-state index contributed by atoms with van der Waals surface area (Å²) < 4.78 is 10.9. The van der Waals surface area contributed by atoms with Crippen LogP contribution in [0.15, 0.2) is 42.5 Å². The summed E-state index contributed by atoms with van der Waals surface area (Å²) in [5, 5.41) is 3.77. The van der Waals surface area contributed by atoms with Crippen LogP contribution in [0.5, 0.6) is 11.5 Å². The summed E-state index contributed by atoms with van der Waals surface area (Å²) in [6.45, 7) is 6.33. The fourth-order valence-electron chi connectivity index (χ4n) is 3.36. The highest BCUT2D eigenvalue weighted by Crippen LogP contribution is 2.24. The molecule has 0 aromatic heterocycles. The number of nitrogens with one attached hydrogen (secondary N) is 1. The first-order valence-corrected chi connectivity index (χ1v) is 11.8. The van der Waals surface area contributed by atoms with Crippen LogP contribution in [-0.2, 0) is 16.1 Å². The van der Waals surface area contributed by atoms with E-state index in [9.17, 15) is 9.59 Å². The van der Waals surface area contributed by atoms with Crippen LogP contribution < -0.4 is 14.8 Å². The Hall–Kier alpha value is -2.44. The summed E-state index contributed by atoms with van der Waals surface area (Å²) in [7, 11) is 1.61. The van der Waals surface area contributed by atoms with Gasteiger partial charge in [-0.15, -0.1) is 0 Å². The van der Waals surface area contributed by atoms with Gasteiger partial charge in [-0.05, 0) is 68.7 Å². The van der Waals surface area contributed by atoms with Crippen LogP contribution >= 0.6 is 23.2 Å². The van der Waals surface area contributed by atoms with E-state index in [1.54, 1.807) is 24.1 Å². The Morgan fingerprint density at radius 1 is 1.03 bits per heavy atom. The van der Waals surface area contributed by atoms with Crippen LogP contribution in [0.25, 0.3) is 0 Å². The largest absolute Gasteiger partial charge is 0.497 e. The van der Waals surface area contributed by atoms with Crippen LogP contribution in [0.3, 0.4) is 0 Å². The molecule has 2 amide bonds. The van der Waals surface area contributed by atoms with Gasteiger partial charge in [-0.2, -0.15) is 0 Å². The zero-order valence-corrected chi connectivity index (χ0v) is 21.1. The highest BCUT2D eigenvalue weighted by atomic mass is 35.5. The molecule has 0 aliphatic heterocycles. The molecule has 1 atom stereocenters. The number of hydrogen-bond donors (Lipinski definition) is 1. The Morgan fingerprint density at radius 2 is 1.70 bits per heavy atom. The van der Waals surface area contributed by atoms with Crippen molar-refractivity contribution in [1.82, 2.24) is 10.2 Å². The summed E-state index contributed by atoms with van der Waals surface area (Å²) in [6, 6.07) is 11.9. The number of benzene rings is 2. The van der Waals surface area contributed by atoms with E-state index in [1.807, 2.05) is 51.1 Å². The third-order valence-electron chi connectivity index (χ3n) is 5.02. The second kappa shape index (κ2) is 13.3. The maximum absolute atomic E-state index is 13.2. The second-order valence-electron chi connectivity index (χ2n) is 7.98. The van der Waals surface area contributed by atoms with Gasteiger partial charge in [0.25, 0.3) is 0 Å². The summed E-state index contributed by atoms with van der Waals surface area (Å²) in [6.07, 6.45) is 1.27. The predicted octanol–water partition coefficient (Wildman–Crippen LogP) is 5.49. The van der Waals surface area contributed by atoms with Gasteiger partial charge in [0, 0.05) is 19.0 Å². The molecule has 33 heavy (non-hydrogen) atoms. The molecule has 2 aromatic rings. The van der Waals surface area contributed by atoms with Crippen LogP contribution in [0.1, 0.15) is 45.6 Å². The predicted molar refractivity (Wildman–Crippen MR) is 132 cm³/mol. The van der Waals surface area contributed by atoms with Gasteiger partial charge >= 0.3 is 0 Å². The van der Waals surface area contributed by atoms with Crippen molar-refractivity contribution in [3.05, 3.63) is 58.1 Å². The molecule has 1 N–H and O–H groups in total. The van der Waals surface area contributed by atoms with E-state index in [0.717, 1.165) is 11.3 Å². The number of ether oxygens (including phenoxy) is 2. The fraction of sp³-hybridized carbons (Fsp3) is 0.440. The van der Waals surface area contributed by atoms with Crippen molar-refractivity contribution < 1.29 is 19.1 Å². The molecule has 0 aliphatic carbocycles. The maximum Gasteiger partial charge on any atom is 0.243 e. The lowest BCUT2D eigenvalue weighted by Gasteiger charge is -2.31. The molecule has 6 nitrogen and oxygen atoms in total. The highest BCUT2D eigenvalue weighted by Gasteiger charge is 2.28. The van der Waals surface area contributed by atoms with E-state index in [0.29, 0.717) is 35.2 Å². The van der Waals surface area contributed by atoms with Gasteiger partial charge in [-0.1, -0.05) is 36.2 Å². The van der Waals surface area contributed by atoms with Gasteiger partial charge in [-0.3, -0.25) is 9.59 Å². The first-order chi connectivity index (χ1) is 15.7. The van der Waals surface area contributed by atoms with Crippen molar-refractivity contribution in [3.63, 3.8) is 0 Å². The lowest BCUT2D eigenvalue weighted by atomic mass is 10.1. The number of carbonyl (C=O) groups excluding carboxylic acids is 2. The molecule has 0 bridgehead atoms. The first-order valence-electron chi connectivity index (χ1n) is 11.1. The van der Waals surface area contributed by atoms with Crippen LogP contribution in [0.2, 0.25) is 10.0 Å². The minimum absolute atomic E-state index is 0.0219. The average molecular weight is 495 g/mol. The zero-order chi connectivity index (χ0) is 24.4. The van der Waals surface area contributed by atoms with Crippen molar-refractivity contribution in [2.75, 3.05) is 13.7 Å². The molecule has 0 heterocycles. The quantitative estimate of drug-likeness (QED) is 0.396. The Kier molecular flexibility index (Phi) is 10.8. The highest BCUT2D eigenvalue weighted by molar-refractivity contribution is 6.42. The van der Waals surface area contributed by atoms with Gasteiger partial charge < -0.3 is 19.7 Å². The molecule has 2 aromatic carbocycles. The summed E-state index contributed by atoms with van der Waals surface area (Å²) in [5.74, 6) is 1.17. The normalized spacial score (nSPS) is 11.7. The van der Waals surface area contributed by atoms with E-state index < -0.39 is 6.04 Å². The monoisotopic (exact) mass is 494 g/mol. The fourth-order valence-corrected chi connectivity index (χ4v) is 3.68. The first kappa shape index (κ1) is 26.8. The Balaban J connectivity index is 2.06. The van der Waals surface area contributed by atoms with Gasteiger partial charge in [0.05, 0.1) is 23.8 Å². The minimum Gasteiger partial charge on any atom is -0.497 e. The number of methoxy groups -OCH3 is 1. The second-order valence-corrected chi connectivity index (χ2v) is 8.80. The molecule has 8 heteroatoms. The van der Waals surface area contributed by atoms with Crippen LogP contribution in [0, 0.1) is 0 Å². The van der Waals surface area contributed by atoms with Crippen LogP contribution in [-0.4, -0.2) is 42.5 Å². The van der Waals surface area contributed by atoms with E-state index in [1.165, 1.54) is 0 Å². The molecular weight excluding hydrogens is 463 g/mol. The third-order valence-corrected chi connectivity index (χ3v) is 5.76. The number of rotatable bonds is 12. The van der Waals surface area contributed by atoms with E-state index in [2.05, 4.69) is 5.32 Å². The van der Waals surface area contributed by atoms with Gasteiger partial charge in [0.2, 0.25) is 11.8 Å². The molecule has 0 unspecified atom stereocenters. The standard InChI is InChI=1S/C25H32Cl2N2O4/c1-5-23(25(31)28-17(2)3)29(16-18-8-13-21(26)22(27)15-18)24(30)7-6-14-33-20-11-9-19(32-4)10-12-20/h8-13,15,17,23H,5-7,14,16H2,1-4H3,(H,28,31)/t23-/m0/s1. The van der Waals surface area contributed by atoms with E-state index >= 15 is 0 Å². The minimum atomic E-state index is -0.586. The zero-order valence-electron chi connectivity index (χ0n) is 19.6. The van der Waals surface area contributed by atoms with E-state index in [-0.39, 0.29) is 30.8 Å². The molecule has 180 valence electrons. The number of nitrogens with zero attached hydrogens (tertiary/aromatic N) is 1. The summed E-state index contributed by atoms with van der Waals surface area (Å²) >= 11 is 12.2. The Bertz CT molecular complexity index is 919. The number of amides is 2. The molecular formula is C25H32Cl2N2O4. The van der Waals surface area contributed by atoms with Crippen molar-refractivity contribution >= 4 is 35.0 Å². The molecule has 0 fully saturated rings. The Labute approximate surface area is 206 Å². The average Bonchev–Trinajstić information content (AvgIpc) is 2.78. The van der Waals surface area contributed by atoms with Crippen molar-refractivity contribution in [3.8, 4) is 11.5 Å². The van der Waals surface area contributed by atoms with Gasteiger partial charge in [0.1, 0.15) is 17.5 Å². The molecule has 0 saturated heterocycles. The lowest BCUT2D eigenvalue weighted by molar-refractivity contribution is -0.141. The van der Waals surface area contributed by atoms with Crippen molar-refractivity contribution in [2.24, 2.45) is 0 Å².